The molecule has 0 saturated heterocycles. The summed E-state index contributed by atoms with van der Waals surface area (Å²) in [4.78, 5) is 0. The first-order chi connectivity index (χ1) is 8.74. The van der Waals surface area contributed by atoms with E-state index in [1.54, 1.807) is 12.1 Å². The van der Waals surface area contributed by atoms with Crippen molar-refractivity contribution in [3.63, 3.8) is 0 Å². The van der Waals surface area contributed by atoms with Crippen LogP contribution in [0.4, 0.5) is 4.39 Å². The molecule has 2 rings (SSSR count). The lowest BCUT2D eigenvalue weighted by molar-refractivity contribution is 0.182. The smallest absolute Gasteiger partial charge is 0.123 e. The van der Waals surface area contributed by atoms with Gasteiger partial charge in [0.1, 0.15) is 5.82 Å². The molecule has 0 bridgehead atoms. The molecule has 0 unspecified atom stereocenters. The van der Waals surface area contributed by atoms with Crippen molar-refractivity contribution < 1.29 is 4.39 Å². The number of benzene rings is 1. The number of nitrogens with one attached hydrogen (secondary N) is 1. The Balaban J connectivity index is 2.06. The first kappa shape index (κ1) is 13.5. The van der Waals surface area contributed by atoms with E-state index in [2.05, 4.69) is 12.2 Å². The number of rotatable bonds is 5. The van der Waals surface area contributed by atoms with Gasteiger partial charge in [0.05, 0.1) is 0 Å². The molecular formula is C16H24FN. The second-order valence-corrected chi connectivity index (χ2v) is 5.64. The second-order valence-electron chi connectivity index (χ2n) is 5.64. The molecule has 1 fully saturated rings. The number of hydrogen-bond acceptors (Lipinski definition) is 1. The minimum absolute atomic E-state index is 0.136. The third-order valence-corrected chi connectivity index (χ3v) is 4.16. The Morgan fingerprint density at radius 3 is 2.39 bits per heavy atom. The summed E-state index contributed by atoms with van der Waals surface area (Å²) in [7, 11) is 0. The third-order valence-electron chi connectivity index (χ3n) is 4.16. The van der Waals surface area contributed by atoms with E-state index in [1.807, 2.05) is 12.1 Å². The van der Waals surface area contributed by atoms with E-state index >= 15 is 0 Å². The van der Waals surface area contributed by atoms with Gasteiger partial charge >= 0.3 is 0 Å². The molecule has 0 heterocycles. The molecule has 0 aliphatic heterocycles. The monoisotopic (exact) mass is 249 g/mol. The van der Waals surface area contributed by atoms with Gasteiger partial charge in [-0.1, -0.05) is 38.3 Å². The van der Waals surface area contributed by atoms with Crippen LogP contribution in [-0.2, 0) is 6.42 Å². The molecule has 0 aromatic heterocycles. The van der Waals surface area contributed by atoms with Gasteiger partial charge in [0, 0.05) is 6.54 Å². The highest BCUT2D eigenvalue weighted by Gasteiger charge is 2.31. The number of halogens is 1. The van der Waals surface area contributed by atoms with E-state index in [0.717, 1.165) is 19.5 Å². The van der Waals surface area contributed by atoms with Crippen molar-refractivity contribution in [2.75, 3.05) is 13.1 Å². The van der Waals surface area contributed by atoms with E-state index in [9.17, 15) is 4.39 Å². The van der Waals surface area contributed by atoms with Gasteiger partial charge in [0.2, 0.25) is 0 Å². The fourth-order valence-corrected chi connectivity index (χ4v) is 3.14. The summed E-state index contributed by atoms with van der Waals surface area (Å²) in [5.74, 6) is -0.136. The van der Waals surface area contributed by atoms with Gasteiger partial charge in [-0.05, 0) is 48.9 Å². The molecule has 0 atom stereocenters. The van der Waals surface area contributed by atoms with Gasteiger partial charge in [-0.2, -0.15) is 0 Å². The molecule has 1 aliphatic rings. The zero-order chi connectivity index (χ0) is 12.8. The summed E-state index contributed by atoms with van der Waals surface area (Å²) in [5, 5.41) is 3.52. The summed E-state index contributed by atoms with van der Waals surface area (Å²) in [6, 6.07) is 7.05. The highest BCUT2D eigenvalue weighted by Crippen LogP contribution is 2.38. The Kier molecular flexibility index (Phi) is 4.76. The first-order valence-electron chi connectivity index (χ1n) is 7.19. The van der Waals surface area contributed by atoms with Gasteiger partial charge in [-0.25, -0.2) is 4.39 Å². The molecule has 1 N–H and O–H groups in total. The Bertz CT molecular complexity index is 352. The minimum Gasteiger partial charge on any atom is -0.316 e. The minimum atomic E-state index is -0.136. The summed E-state index contributed by atoms with van der Waals surface area (Å²) < 4.78 is 13.0. The lowest BCUT2D eigenvalue weighted by Crippen LogP contribution is -2.37. The quantitative estimate of drug-likeness (QED) is 0.833. The molecule has 1 aliphatic carbocycles. The van der Waals surface area contributed by atoms with Crippen molar-refractivity contribution in [1.82, 2.24) is 5.32 Å². The maximum atomic E-state index is 13.0. The molecule has 2 heteroatoms. The molecule has 18 heavy (non-hydrogen) atoms. The van der Waals surface area contributed by atoms with Crippen LogP contribution in [0, 0.1) is 11.2 Å². The molecule has 1 nitrogen and oxygen atoms in total. The molecule has 1 aromatic rings. The fraction of sp³-hybridized carbons (Fsp3) is 0.625. The lowest BCUT2D eigenvalue weighted by atomic mass is 9.70. The second kappa shape index (κ2) is 6.33. The molecule has 1 aromatic carbocycles. The van der Waals surface area contributed by atoms with Crippen molar-refractivity contribution in [2.24, 2.45) is 5.41 Å². The third kappa shape index (κ3) is 3.55. The Morgan fingerprint density at radius 2 is 1.78 bits per heavy atom. The standard InChI is InChI=1S/C16H24FN/c1-2-18-13-16(10-4-3-5-11-16)12-14-6-8-15(17)9-7-14/h6-9,18H,2-5,10-13H2,1H3. The van der Waals surface area contributed by atoms with Crippen LogP contribution in [0.15, 0.2) is 24.3 Å². The summed E-state index contributed by atoms with van der Waals surface area (Å²) in [5.41, 5.74) is 1.67. The molecule has 100 valence electrons. The predicted octanol–water partition coefficient (Wildman–Crippen LogP) is 3.93. The summed E-state index contributed by atoms with van der Waals surface area (Å²) in [6.07, 6.45) is 7.74. The topological polar surface area (TPSA) is 12.0 Å². The first-order valence-corrected chi connectivity index (χ1v) is 7.19. The van der Waals surface area contributed by atoms with Crippen molar-refractivity contribution in [2.45, 2.75) is 45.4 Å². The van der Waals surface area contributed by atoms with Crippen molar-refractivity contribution in [3.8, 4) is 0 Å². The maximum Gasteiger partial charge on any atom is 0.123 e. The van der Waals surface area contributed by atoms with Crippen LogP contribution in [0.3, 0.4) is 0 Å². The van der Waals surface area contributed by atoms with Crippen molar-refractivity contribution >= 4 is 0 Å². The van der Waals surface area contributed by atoms with Crippen LogP contribution >= 0.6 is 0 Å². The van der Waals surface area contributed by atoms with Crippen LogP contribution < -0.4 is 5.32 Å². The van der Waals surface area contributed by atoms with E-state index in [1.165, 1.54) is 37.7 Å². The van der Waals surface area contributed by atoms with Crippen LogP contribution in [0.1, 0.15) is 44.6 Å². The van der Waals surface area contributed by atoms with E-state index < -0.39 is 0 Å². The number of hydrogen-bond donors (Lipinski definition) is 1. The van der Waals surface area contributed by atoms with Crippen molar-refractivity contribution in [3.05, 3.63) is 35.6 Å². The molecule has 0 spiro atoms. The SMILES string of the molecule is CCNCC1(Cc2ccc(F)cc2)CCCCC1. The van der Waals surface area contributed by atoms with Gasteiger partial charge in [-0.15, -0.1) is 0 Å². The van der Waals surface area contributed by atoms with Crippen LogP contribution in [0.5, 0.6) is 0 Å². The van der Waals surface area contributed by atoms with Crippen LogP contribution in [0.2, 0.25) is 0 Å². The Labute approximate surface area is 110 Å². The maximum absolute atomic E-state index is 13.0. The zero-order valence-electron chi connectivity index (χ0n) is 11.3. The van der Waals surface area contributed by atoms with Crippen molar-refractivity contribution in [1.29, 1.82) is 0 Å². The van der Waals surface area contributed by atoms with E-state index in [4.69, 9.17) is 0 Å². The average molecular weight is 249 g/mol. The van der Waals surface area contributed by atoms with E-state index in [-0.39, 0.29) is 5.82 Å². The Morgan fingerprint density at radius 1 is 1.11 bits per heavy atom. The highest BCUT2D eigenvalue weighted by atomic mass is 19.1. The lowest BCUT2D eigenvalue weighted by Gasteiger charge is -2.38. The van der Waals surface area contributed by atoms with Gasteiger partial charge in [0.25, 0.3) is 0 Å². The van der Waals surface area contributed by atoms with Crippen LogP contribution in [-0.4, -0.2) is 13.1 Å². The zero-order valence-corrected chi connectivity index (χ0v) is 11.3. The average Bonchev–Trinajstić information content (AvgIpc) is 2.40. The summed E-state index contributed by atoms with van der Waals surface area (Å²) >= 11 is 0. The van der Waals surface area contributed by atoms with Gasteiger partial charge < -0.3 is 5.32 Å². The summed E-state index contributed by atoms with van der Waals surface area (Å²) in [6.45, 7) is 4.29. The molecule has 0 radical (unpaired) electrons. The fourth-order valence-electron chi connectivity index (χ4n) is 3.14. The molecule has 1 saturated carbocycles. The van der Waals surface area contributed by atoms with E-state index in [0.29, 0.717) is 5.41 Å². The predicted molar refractivity (Wildman–Crippen MR) is 74.2 cm³/mol. The highest BCUT2D eigenvalue weighted by molar-refractivity contribution is 5.18. The van der Waals surface area contributed by atoms with Gasteiger partial charge in [0.15, 0.2) is 0 Å². The molecule has 0 amide bonds. The normalized spacial score (nSPS) is 18.8. The van der Waals surface area contributed by atoms with Gasteiger partial charge in [-0.3, -0.25) is 0 Å². The largest absolute Gasteiger partial charge is 0.316 e. The molecular weight excluding hydrogens is 225 g/mol. The Hall–Kier alpha value is -0.890. The van der Waals surface area contributed by atoms with Crippen LogP contribution in [0.25, 0.3) is 0 Å².